The first-order valence-corrected chi connectivity index (χ1v) is 13.3. The molecule has 2 saturated heterocycles. The Morgan fingerprint density at radius 2 is 1.95 bits per heavy atom. The number of nitrogens with one attached hydrogen (secondary N) is 1. The van der Waals surface area contributed by atoms with E-state index in [9.17, 15) is 13.9 Å². The third kappa shape index (κ3) is 4.98. The lowest BCUT2D eigenvalue weighted by molar-refractivity contribution is -0.00896. The molecule has 0 saturated carbocycles. The lowest BCUT2D eigenvalue weighted by Gasteiger charge is -2.43. The van der Waals surface area contributed by atoms with Gasteiger partial charge < -0.3 is 24.9 Å². The molecule has 206 valence electrons. The molecular formula is C31H30F2N4O3. The molecule has 3 aromatic carbocycles. The van der Waals surface area contributed by atoms with Gasteiger partial charge in [0.2, 0.25) is 0 Å². The van der Waals surface area contributed by atoms with Crippen molar-refractivity contribution in [3.8, 4) is 28.0 Å². The Kier molecular flexibility index (Phi) is 7.08. The van der Waals surface area contributed by atoms with Crippen molar-refractivity contribution in [2.24, 2.45) is 5.16 Å². The summed E-state index contributed by atoms with van der Waals surface area (Å²) in [5.74, 6) is -0.949. The van der Waals surface area contributed by atoms with E-state index in [1.54, 1.807) is 12.3 Å². The number of aromatic hydroxyl groups is 1. The molecule has 9 heteroatoms. The molecule has 2 aliphatic rings. The molecule has 2 unspecified atom stereocenters. The third-order valence-electron chi connectivity index (χ3n) is 7.62. The van der Waals surface area contributed by atoms with Gasteiger partial charge in [-0.05, 0) is 66.4 Å². The molecule has 1 aromatic heterocycles. The zero-order valence-corrected chi connectivity index (χ0v) is 22.3. The van der Waals surface area contributed by atoms with Gasteiger partial charge in [-0.25, -0.2) is 8.78 Å². The molecule has 6 rings (SSSR count). The number of anilines is 1. The van der Waals surface area contributed by atoms with E-state index in [4.69, 9.17) is 14.6 Å². The Labute approximate surface area is 231 Å². The van der Waals surface area contributed by atoms with Gasteiger partial charge in [-0.2, -0.15) is 0 Å². The quantitative estimate of drug-likeness (QED) is 0.259. The number of benzene rings is 3. The molecule has 7 nitrogen and oxygen atoms in total. The van der Waals surface area contributed by atoms with Crippen molar-refractivity contribution in [3.05, 3.63) is 77.5 Å². The number of ether oxygens (including phenoxy) is 1. The van der Waals surface area contributed by atoms with Gasteiger partial charge in [-0.1, -0.05) is 17.3 Å². The zero-order chi connectivity index (χ0) is 27.8. The van der Waals surface area contributed by atoms with E-state index >= 15 is 0 Å². The standard InChI is InChI=1S/C31H30F2N4O3/c1-18-9-20(11-22(32)10-18)26-16-35-27-4-3-19(24-14-23(33)12-21(31(24)38)15-36-39-2)13-25(27)30(26)37-7-5-28-29(17-37)40-8-6-34-28/h3-4,9-16,28-29,34,38H,5-8,17H2,1-2H3/b36-15+. The van der Waals surface area contributed by atoms with Crippen molar-refractivity contribution in [1.82, 2.24) is 10.3 Å². The second-order valence-corrected chi connectivity index (χ2v) is 10.3. The second-order valence-electron chi connectivity index (χ2n) is 10.3. The monoisotopic (exact) mass is 544 g/mol. The number of rotatable bonds is 5. The third-order valence-corrected chi connectivity index (χ3v) is 7.62. The van der Waals surface area contributed by atoms with Crippen molar-refractivity contribution >= 4 is 22.8 Å². The molecule has 40 heavy (non-hydrogen) atoms. The van der Waals surface area contributed by atoms with Crippen LogP contribution in [0.2, 0.25) is 0 Å². The molecule has 0 bridgehead atoms. The highest BCUT2D eigenvalue weighted by molar-refractivity contribution is 6.02. The Morgan fingerprint density at radius 3 is 2.77 bits per heavy atom. The minimum atomic E-state index is -0.517. The first-order valence-electron chi connectivity index (χ1n) is 13.3. The minimum absolute atomic E-state index is 0.0193. The molecule has 2 atom stereocenters. The second kappa shape index (κ2) is 10.8. The van der Waals surface area contributed by atoms with Gasteiger partial charge in [0.15, 0.2) is 0 Å². The smallest absolute Gasteiger partial charge is 0.132 e. The van der Waals surface area contributed by atoms with Crippen LogP contribution in [-0.4, -0.2) is 61.8 Å². The van der Waals surface area contributed by atoms with Crippen molar-refractivity contribution in [3.63, 3.8) is 0 Å². The maximum absolute atomic E-state index is 14.6. The number of oxime groups is 1. The van der Waals surface area contributed by atoms with Crippen LogP contribution in [0, 0.1) is 18.6 Å². The molecule has 0 spiro atoms. The number of aryl methyl sites for hydroxylation is 1. The maximum Gasteiger partial charge on any atom is 0.132 e. The van der Waals surface area contributed by atoms with E-state index in [1.807, 2.05) is 25.1 Å². The van der Waals surface area contributed by atoms with E-state index in [2.05, 4.69) is 15.4 Å². The van der Waals surface area contributed by atoms with Crippen LogP contribution < -0.4 is 10.2 Å². The van der Waals surface area contributed by atoms with Crippen LogP contribution in [0.4, 0.5) is 14.5 Å². The van der Waals surface area contributed by atoms with Crippen LogP contribution in [0.1, 0.15) is 17.5 Å². The predicted molar refractivity (Wildman–Crippen MR) is 152 cm³/mol. The molecule has 4 aromatic rings. The van der Waals surface area contributed by atoms with Crippen LogP contribution in [0.15, 0.2) is 59.9 Å². The molecule has 2 N–H and O–H groups in total. The summed E-state index contributed by atoms with van der Waals surface area (Å²) in [6, 6.07) is 13.3. The Bertz CT molecular complexity index is 1590. The average Bonchev–Trinajstić information content (AvgIpc) is 2.95. The van der Waals surface area contributed by atoms with Gasteiger partial charge in [0.05, 0.1) is 30.1 Å². The number of morpholine rings is 1. The normalized spacial score (nSPS) is 19.2. The average molecular weight is 545 g/mol. The number of fused-ring (bicyclic) bond motifs is 2. The fraction of sp³-hybridized carbons (Fsp3) is 0.290. The number of halogens is 2. The highest BCUT2D eigenvalue weighted by atomic mass is 19.1. The summed E-state index contributed by atoms with van der Waals surface area (Å²) in [4.78, 5) is 11.7. The lowest BCUT2D eigenvalue weighted by atomic mass is 9.94. The van der Waals surface area contributed by atoms with Gasteiger partial charge in [0.25, 0.3) is 0 Å². The summed E-state index contributed by atoms with van der Waals surface area (Å²) >= 11 is 0. The van der Waals surface area contributed by atoms with Crippen LogP contribution >= 0.6 is 0 Å². The zero-order valence-electron chi connectivity index (χ0n) is 22.3. The summed E-state index contributed by atoms with van der Waals surface area (Å²) in [5.41, 5.74) is 5.09. The van der Waals surface area contributed by atoms with Gasteiger partial charge in [0, 0.05) is 53.9 Å². The highest BCUT2D eigenvalue weighted by Gasteiger charge is 2.33. The lowest BCUT2D eigenvalue weighted by Crippen LogP contribution is -2.57. The maximum atomic E-state index is 14.6. The predicted octanol–water partition coefficient (Wildman–Crippen LogP) is 5.41. The fourth-order valence-corrected chi connectivity index (χ4v) is 5.81. The Balaban J connectivity index is 1.55. The number of phenols is 1. The van der Waals surface area contributed by atoms with E-state index in [0.29, 0.717) is 24.3 Å². The van der Waals surface area contributed by atoms with Crippen molar-refractivity contribution in [2.75, 3.05) is 38.3 Å². The van der Waals surface area contributed by atoms with Crippen LogP contribution in [0.25, 0.3) is 33.2 Å². The Morgan fingerprint density at radius 1 is 1.10 bits per heavy atom. The number of phenolic OH excluding ortho intramolecular Hbond substituents is 1. The summed E-state index contributed by atoms with van der Waals surface area (Å²) < 4.78 is 35.3. The van der Waals surface area contributed by atoms with Crippen LogP contribution in [0.5, 0.6) is 5.75 Å². The topological polar surface area (TPSA) is 79.2 Å². The molecule has 0 aliphatic carbocycles. The van der Waals surface area contributed by atoms with E-state index < -0.39 is 5.82 Å². The number of hydrogen-bond acceptors (Lipinski definition) is 7. The molecule has 2 fully saturated rings. The van der Waals surface area contributed by atoms with Gasteiger partial charge in [0.1, 0.15) is 24.5 Å². The highest BCUT2D eigenvalue weighted by Crippen LogP contribution is 2.41. The van der Waals surface area contributed by atoms with E-state index in [0.717, 1.165) is 52.8 Å². The molecule has 2 aliphatic heterocycles. The molecule has 0 radical (unpaired) electrons. The number of nitrogens with zero attached hydrogens (tertiary/aromatic N) is 3. The number of pyridine rings is 1. The summed E-state index contributed by atoms with van der Waals surface area (Å²) in [7, 11) is 1.38. The van der Waals surface area contributed by atoms with Crippen LogP contribution in [-0.2, 0) is 9.57 Å². The van der Waals surface area contributed by atoms with Crippen molar-refractivity contribution < 1.29 is 23.5 Å². The van der Waals surface area contributed by atoms with Gasteiger partial charge >= 0.3 is 0 Å². The fourth-order valence-electron chi connectivity index (χ4n) is 5.81. The summed E-state index contributed by atoms with van der Waals surface area (Å²) in [5, 5.41) is 19.1. The van der Waals surface area contributed by atoms with Gasteiger partial charge in [-0.3, -0.25) is 4.98 Å². The summed E-state index contributed by atoms with van der Waals surface area (Å²) in [6.07, 6.45) is 3.97. The van der Waals surface area contributed by atoms with Crippen molar-refractivity contribution in [1.29, 1.82) is 0 Å². The first kappa shape index (κ1) is 26.2. The molecule has 3 heterocycles. The first-order chi connectivity index (χ1) is 19.4. The molecular weight excluding hydrogens is 514 g/mol. The van der Waals surface area contributed by atoms with Crippen LogP contribution in [0.3, 0.4) is 0 Å². The van der Waals surface area contributed by atoms with Gasteiger partial charge in [-0.15, -0.1) is 0 Å². The Hall–Kier alpha value is -4.08. The number of hydrogen-bond donors (Lipinski definition) is 2. The van der Waals surface area contributed by atoms with E-state index in [-0.39, 0.29) is 29.3 Å². The van der Waals surface area contributed by atoms with Crippen molar-refractivity contribution in [2.45, 2.75) is 25.5 Å². The largest absolute Gasteiger partial charge is 0.507 e. The molecule has 0 amide bonds. The number of piperidine rings is 1. The number of aromatic nitrogens is 1. The SMILES string of the molecule is CO/N=C/c1cc(F)cc(-c2ccc3ncc(-c4cc(C)cc(F)c4)c(N4CCC5NCCOC5C4)c3c2)c1O. The van der Waals surface area contributed by atoms with E-state index in [1.165, 1.54) is 37.6 Å². The summed E-state index contributed by atoms with van der Waals surface area (Å²) in [6.45, 7) is 4.78. The minimum Gasteiger partial charge on any atom is -0.507 e.